The van der Waals surface area contributed by atoms with Gasteiger partial charge in [-0.05, 0) is 41.0 Å². The molecule has 3 heteroatoms. The Balaban J connectivity index is 1.87. The van der Waals surface area contributed by atoms with Crippen molar-refractivity contribution in [3.8, 4) is 5.75 Å². The first-order valence-corrected chi connectivity index (χ1v) is 8.04. The lowest BCUT2D eigenvalue weighted by Gasteiger charge is -2.19. The van der Waals surface area contributed by atoms with E-state index in [9.17, 15) is 0 Å². The van der Waals surface area contributed by atoms with Crippen molar-refractivity contribution in [1.82, 2.24) is 0 Å². The Morgan fingerprint density at radius 3 is 2.65 bits per heavy atom. The first kappa shape index (κ1) is 14.3. The first-order valence-electron chi connectivity index (χ1n) is 7.66. The van der Waals surface area contributed by atoms with Gasteiger partial charge in [0.1, 0.15) is 5.75 Å². The average Bonchev–Trinajstić information content (AvgIpc) is 2.60. The number of benzene rings is 3. The van der Waals surface area contributed by atoms with Crippen molar-refractivity contribution in [3.05, 3.63) is 76.3 Å². The van der Waals surface area contributed by atoms with E-state index in [0.717, 1.165) is 29.8 Å². The van der Waals surface area contributed by atoms with Gasteiger partial charge in [0, 0.05) is 17.7 Å². The number of halogens is 1. The molecule has 0 spiro atoms. The molecule has 4 rings (SSSR count). The summed E-state index contributed by atoms with van der Waals surface area (Å²) in [6.07, 6.45) is 0.913. The van der Waals surface area contributed by atoms with Crippen molar-refractivity contribution in [2.24, 2.45) is 4.99 Å². The topological polar surface area (TPSA) is 21.6 Å². The van der Waals surface area contributed by atoms with Gasteiger partial charge in [-0.2, -0.15) is 0 Å². The highest BCUT2D eigenvalue weighted by Gasteiger charge is 2.18. The summed E-state index contributed by atoms with van der Waals surface area (Å²) in [5.74, 6) is 0.695. The zero-order valence-electron chi connectivity index (χ0n) is 12.8. The van der Waals surface area contributed by atoms with Crippen molar-refractivity contribution in [3.63, 3.8) is 0 Å². The van der Waals surface area contributed by atoms with Crippen LogP contribution in [0.2, 0.25) is 5.02 Å². The summed E-state index contributed by atoms with van der Waals surface area (Å²) in [5, 5.41) is 3.12. The molecule has 0 bridgehead atoms. The second kappa shape index (κ2) is 5.71. The zero-order chi connectivity index (χ0) is 15.8. The number of methoxy groups -OCH3 is 1. The molecule has 3 aromatic rings. The summed E-state index contributed by atoms with van der Waals surface area (Å²) >= 11 is 6.27. The van der Waals surface area contributed by atoms with Gasteiger partial charge < -0.3 is 4.74 Å². The maximum atomic E-state index is 6.27. The lowest BCUT2D eigenvalue weighted by atomic mass is 9.92. The van der Waals surface area contributed by atoms with E-state index in [1.54, 1.807) is 7.11 Å². The highest BCUT2D eigenvalue weighted by Crippen LogP contribution is 2.32. The summed E-state index contributed by atoms with van der Waals surface area (Å²) in [5.41, 5.74) is 4.50. The van der Waals surface area contributed by atoms with E-state index in [1.807, 2.05) is 12.1 Å². The Morgan fingerprint density at radius 2 is 1.83 bits per heavy atom. The minimum Gasteiger partial charge on any atom is -0.495 e. The molecule has 0 unspecified atom stereocenters. The average molecular weight is 322 g/mol. The lowest BCUT2D eigenvalue weighted by Crippen LogP contribution is -2.14. The van der Waals surface area contributed by atoms with Crippen LogP contribution < -0.4 is 4.74 Å². The second-order valence-corrected chi connectivity index (χ2v) is 6.09. The van der Waals surface area contributed by atoms with Gasteiger partial charge in [0.25, 0.3) is 0 Å². The van der Waals surface area contributed by atoms with E-state index < -0.39 is 0 Å². The molecule has 2 nitrogen and oxygen atoms in total. The number of hydrogen-bond acceptors (Lipinski definition) is 2. The van der Waals surface area contributed by atoms with Gasteiger partial charge in [-0.1, -0.05) is 48.0 Å². The van der Waals surface area contributed by atoms with Crippen LogP contribution in [0.3, 0.4) is 0 Å². The number of hydrogen-bond donors (Lipinski definition) is 0. The SMILES string of the molecule is COc1cc2c(cc1Cl)CCN=C2c1ccc2ccccc2c1. The summed E-state index contributed by atoms with van der Waals surface area (Å²) in [4.78, 5) is 4.77. The summed E-state index contributed by atoms with van der Waals surface area (Å²) < 4.78 is 5.38. The molecule has 0 atom stereocenters. The summed E-state index contributed by atoms with van der Waals surface area (Å²) in [6.45, 7) is 0.790. The molecule has 1 aliphatic heterocycles. The third-order valence-corrected chi connectivity index (χ3v) is 4.60. The Labute approximate surface area is 140 Å². The number of aliphatic imine (C=N–C) groups is 1. The minimum atomic E-state index is 0.658. The van der Waals surface area contributed by atoms with E-state index in [-0.39, 0.29) is 0 Å². The molecule has 23 heavy (non-hydrogen) atoms. The molecule has 3 aromatic carbocycles. The van der Waals surface area contributed by atoms with Crippen LogP contribution in [-0.4, -0.2) is 19.4 Å². The zero-order valence-corrected chi connectivity index (χ0v) is 13.6. The van der Waals surface area contributed by atoms with Crippen LogP contribution in [0.1, 0.15) is 16.7 Å². The standard InChI is InChI=1S/C20H16ClNO/c1-23-19-12-17-15(11-18(19)21)8-9-22-20(17)16-7-6-13-4-2-3-5-14(13)10-16/h2-7,10-12H,8-9H2,1H3. The Morgan fingerprint density at radius 1 is 1.00 bits per heavy atom. The molecular weight excluding hydrogens is 306 g/mol. The molecule has 0 amide bonds. The predicted molar refractivity (Wildman–Crippen MR) is 96.2 cm³/mol. The molecule has 114 valence electrons. The van der Waals surface area contributed by atoms with Crippen LogP contribution >= 0.6 is 11.6 Å². The minimum absolute atomic E-state index is 0.658. The van der Waals surface area contributed by atoms with Gasteiger partial charge >= 0.3 is 0 Å². The van der Waals surface area contributed by atoms with Gasteiger partial charge in [-0.3, -0.25) is 4.99 Å². The molecule has 0 aromatic heterocycles. The highest BCUT2D eigenvalue weighted by molar-refractivity contribution is 6.32. The molecule has 0 N–H and O–H groups in total. The van der Waals surface area contributed by atoms with E-state index in [2.05, 4.69) is 42.5 Å². The Hall–Kier alpha value is -2.32. The molecular formula is C20H16ClNO. The smallest absolute Gasteiger partial charge is 0.138 e. The predicted octanol–water partition coefficient (Wildman–Crippen LogP) is 4.90. The maximum Gasteiger partial charge on any atom is 0.138 e. The first-order chi connectivity index (χ1) is 11.3. The van der Waals surface area contributed by atoms with Crippen LogP contribution in [0.15, 0.2) is 59.6 Å². The number of nitrogens with zero attached hydrogens (tertiary/aromatic N) is 1. The molecule has 0 radical (unpaired) electrons. The summed E-state index contributed by atoms with van der Waals surface area (Å²) in [7, 11) is 1.64. The van der Waals surface area contributed by atoms with Crippen molar-refractivity contribution >= 4 is 28.1 Å². The van der Waals surface area contributed by atoms with E-state index in [0.29, 0.717) is 10.8 Å². The van der Waals surface area contributed by atoms with Crippen molar-refractivity contribution in [1.29, 1.82) is 0 Å². The quantitative estimate of drug-likeness (QED) is 0.658. The highest BCUT2D eigenvalue weighted by atomic mass is 35.5. The molecule has 0 aliphatic carbocycles. The molecule has 1 heterocycles. The second-order valence-electron chi connectivity index (χ2n) is 5.69. The van der Waals surface area contributed by atoms with Crippen LogP contribution in [-0.2, 0) is 6.42 Å². The third kappa shape index (κ3) is 2.49. The number of rotatable bonds is 2. The van der Waals surface area contributed by atoms with Gasteiger partial charge in [0.05, 0.1) is 17.8 Å². The summed E-state index contributed by atoms with van der Waals surface area (Å²) in [6, 6.07) is 18.9. The Kier molecular flexibility index (Phi) is 3.55. The molecule has 0 fully saturated rings. The molecule has 0 saturated heterocycles. The van der Waals surface area contributed by atoms with Crippen LogP contribution in [0, 0.1) is 0 Å². The van der Waals surface area contributed by atoms with E-state index in [4.69, 9.17) is 21.3 Å². The fraction of sp³-hybridized carbons (Fsp3) is 0.150. The van der Waals surface area contributed by atoms with Gasteiger partial charge in [-0.15, -0.1) is 0 Å². The van der Waals surface area contributed by atoms with Gasteiger partial charge in [-0.25, -0.2) is 0 Å². The molecule has 1 aliphatic rings. The molecule has 0 saturated carbocycles. The van der Waals surface area contributed by atoms with Crippen LogP contribution in [0.4, 0.5) is 0 Å². The maximum absolute atomic E-state index is 6.27. The van der Waals surface area contributed by atoms with Crippen molar-refractivity contribution < 1.29 is 4.74 Å². The fourth-order valence-electron chi connectivity index (χ4n) is 3.14. The number of fused-ring (bicyclic) bond motifs is 2. The van der Waals surface area contributed by atoms with E-state index in [1.165, 1.54) is 16.3 Å². The Bertz CT molecular complexity index is 930. The monoisotopic (exact) mass is 321 g/mol. The number of ether oxygens (including phenoxy) is 1. The van der Waals surface area contributed by atoms with Crippen LogP contribution in [0.5, 0.6) is 5.75 Å². The third-order valence-electron chi connectivity index (χ3n) is 4.31. The van der Waals surface area contributed by atoms with Gasteiger partial charge in [0.2, 0.25) is 0 Å². The van der Waals surface area contributed by atoms with Crippen molar-refractivity contribution in [2.75, 3.05) is 13.7 Å². The fourth-order valence-corrected chi connectivity index (χ4v) is 3.40. The van der Waals surface area contributed by atoms with Crippen LogP contribution in [0.25, 0.3) is 10.8 Å². The largest absolute Gasteiger partial charge is 0.495 e. The van der Waals surface area contributed by atoms with Crippen molar-refractivity contribution in [2.45, 2.75) is 6.42 Å². The van der Waals surface area contributed by atoms with Gasteiger partial charge in [0.15, 0.2) is 0 Å². The van der Waals surface area contributed by atoms with E-state index >= 15 is 0 Å². The lowest BCUT2D eigenvalue weighted by molar-refractivity contribution is 0.414. The normalized spacial score (nSPS) is 13.6.